The number of benzene rings is 2. The standard InChI is InChI=1S/C24H22N2O4S.ClH/c1-14-21(23(27)28)31-22(25-14)15-10-11-26(12-15)24(29)30-13-20-18-8-4-2-6-16(18)17-7-3-5-9-19(17)20;/h2-9,15,20H,10-13H2,1H3,(H,27,28);1H. The molecule has 1 aliphatic heterocycles. The van der Waals surface area contributed by atoms with Crippen molar-refractivity contribution in [3.63, 3.8) is 0 Å². The fourth-order valence-electron chi connectivity index (χ4n) is 4.60. The predicted molar refractivity (Wildman–Crippen MR) is 125 cm³/mol. The lowest BCUT2D eigenvalue weighted by Crippen LogP contribution is -2.30. The van der Waals surface area contributed by atoms with Gasteiger partial charge in [-0.25, -0.2) is 14.6 Å². The number of halogens is 1. The Bertz CT molecular complexity index is 1130. The molecule has 1 saturated heterocycles. The highest BCUT2D eigenvalue weighted by atomic mass is 35.5. The van der Waals surface area contributed by atoms with Crippen LogP contribution in [0.25, 0.3) is 11.1 Å². The van der Waals surface area contributed by atoms with Gasteiger partial charge in [-0.3, -0.25) is 0 Å². The lowest BCUT2D eigenvalue weighted by Gasteiger charge is -2.19. The van der Waals surface area contributed by atoms with Gasteiger partial charge in [0.25, 0.3) is 0 Å². The molecule has 1 atom stereocenters. The molecule has 1 unspecified atom stereocenters. The Kier molecular flexibility index (Phi) is 6.22. The third-order valence-electron chi connectivity index (χ3n) is 6.14. The molecule has 0 bridgehead atoms. The summed E-state index contributed by atoms with van der Waals surface area (Å²) < 4.78 is 5.75. The van der Waals surface area contributed by atoms with E-state index in [1.165, 1.54) is 33.6 Å². The molecule has 166 valence electrons. The molecule has 1 aliphatic carbocycles. The topological polar surface area (TPSA) is 79.7 Å². The number of carbonyl (C=O) groups excluding carboxylic acids is 1. The molecule has 2 heterocycles. The van der Waals surface area contributed by atoms with E-state index in [0.29, 0.717) is 25.4 Å². The van der Waals surface area contributed by atoms with E-state index in [2.05, 4.69) is 29.2 Å². The molecule has 0 spiro atoms. The molecule has 1 aromatic heterocycles. The maximum atomic E-state index is 12.8. The van der Waals surface area contributed by atoms with E-state index in [4.69, 9.17) is 4.74 Å². The van der Waals surface area contributed by atoms with E-state index in [0.717, 1.165) is 11.4 Å². The fraction of sp³-hybridized carbons (Fsp3) is 0.292. The van der Waals surface area contributed by atoms with Gasteiger partial charge >= 0.3 is 12.1 Å². The van der Waals surface area contributed by atoms with Crippen molar-refractivity contribution in [3.05, 3.63) is 75.2 Å². The van der Waals surface area contributed by atoms with Crippen LogP contribution >= 0.6 is 23.7 Å². The third-order valence-corrected chi connectivity index (χ3v) is 7.45. The minimum absolute atomic E-state index is 0. The van der Waals surface area contributed by atoms with E-state index in [1.807, 2.05) is 24.3 Å². The molecule has 8 heteroatoms. The zero-order chi connectivity index (χ0) is 21.5. The molecule has 2 aromatic carbocycles. The highest BCUT2D eigenvalue weighted by Crippen LogP contribution is 2.44. The smallest absolute Gasteiger partial charge is 0.409 e. The van der Waals surface area contributed by atoms with Crippen LogP contribution in [0.4, 0.5) is 4.79 Å². The van der Waals surface area contributed by atoms with Crippen LogP contribution in [0.3, 0.4) is 0 Å². The second kappa shape index (κ2) is 8.92. The molecule has 5 rings (SSSR count). The summed E-state index contributed by atoms with van der Waals surface area (Å²) in [6.07, 6.45) is 0.437. The Labute approximate surface area is 196 Å². The lowest BCUT2D eigenvalue weighted by atomic mass is 9.98. The van der Waals surface area contributed by atoms with Gasteiger partial charge in [0.15, 0.2) is 0 Å². The first kappa shape index (κ1) is 22.3. The quantitative estimate of drug-likeness (QED) is 0.559. The number of fused-ring (bicyclic) bond motifs is 3. The SMILES string of the molecule is Cc1nc(C2CCN(C(=O)OCC3c4ccccc4-c4ccccc43)C2)sc1C(=O)O.Cl. The first-order valence-electron chi connectivity index (χ1n) is 10.3. The second-order valence-electron chi connectivity index (χ2n) is 8.01. The number of carboxylic acids is 1. The number of aryl methyl sites for hydroxylation is 1. The second-order valence-corrected chi connectivity index (χ2v) is 9.04. The van der Waals surface area contributed by atoms with Crippen molar-refractivity contribution in [2.45, 2.75) is 25.2 Å². The van der Waals surface area contributed by atoms with Crippen LogP contribution in [0, 0.1) is 6.92 Å². The lowest BCUT2D eigenvalue weighted by molar-refractivity contribution is 0.0701. The van der Waals surface area contributed by atoms with Crippen LogP contribution in [-0.4, -0.2) is 46.7 Å². The average molecular weight is 471 g/mol. The fourth-order valence-corrected chi connectivity index (χ4v) is 5.63. The average Bonchev–Trinajstić information content (AvgIpc) is 3.48. The van der Waals surface area contributed by atoms with Gasteiger partial charge in [-0.1, -0.05) is 48.5 Å². The molecule has 6 nitrogen and oxygen atoms in total. The summed E-state index contributed by atoms with van der Waals surface area (Å²) in [4.78, 5) is 30.5. The zero-order valence-corrected chi connectivity index (χ0v) is 19.1. The van der Waals surface area contributed by atoms with E-state index in [1.54, 1.807) is 11.8 Å². The van der Waals surface area contributed by atoms with E-state index in [-0.39, 0.29) is 35.2 Å². The number of amides is 1. The van der Waals surface area contributed by atoms with Crippen LogP contribution in [0.5, 0.6) is 0 Å². The van der Waals surface area contributed by atoms with Crippen molar-refractivity contribution < 1.29 is 19.4 Å². The zero-order valence-electron chi connectivity index (χ0n) is 17.5. The molecular formula is C24H23ClN2O4S. The minimum atomic E-state index is -0.951. The number of aromatic carboxylic acids is 1. The maximum absolute atomic E-state index is 12.8. The number of hydrogen-bond donors (Lipinski definition) is 1. The Hall–Kier alpha value is -2.90. The number of likely N-dealkylation sites (tertiary alicyclic amines) is 1. The van der Waals surface area contributed by atoms with Crippen LogP contribution in [0.15, 0.2) is 48.5 Å². The van der Waals surface area contributed by atoms with Crippen molar-refractivity contribution >= 4 is 35.8 Å². The Morgan fingerprint density at radius 3 is 2.34 bits per heavy atom. The first-order valence-corrected chi connectivity index (χ1v) is 11.1. The van der Waals surface area contributed by atoms with Gasteiger partial charge in [0.1, 0.15) is 11.5 Å². The van der Waals surface area contributed by atoms with Crippen LogP contribution < -0.4 is 0 Å². The molecule has 2 aliphatic rings. The number of nitrogens with zero attached hydrogens (tertiary/aromatic N) is 2. The largest absolute Gasteiger partial charge is 0.477 e. The molecule has 1 fully saturated rings. The highest BCUT2D eigenvalue weighted by molar-refractivity contribution is 7.13. The number of aromatic nitrogens is 1. The van der Waals surface area contributed by atoms with Gasteiger partial charge < -0.3 is 14.7 Å². The summed E-state index contributed by atoms with van der Waals surface area (Å²) in [6.45, 7) is 3.10. The maximum Gasteiger partial charge on any atom is 0.409 e. The number of carbonyl (C=O) groups is 2. The summed E-state index contributed by atoms with van der Waals surface area (Å²) in [7, 11) is 0. The van der Waals surface area contributed by atoms with E-state index in [9.17, 15) is 14.7 Å². The van der Waals surface area contributed by atoms with Gasteiger partial charge in [-0.15, -0.1) is 23.7 Å². The Balaban J connectivity index is 0.00000245. The van der Waals surface area contributed by atoms with Crippen molar-refractivity contribution in [3.8, 4) is 11.1 Å². The normalized spacial score (nSPS) is 16.9. The Morgan fingerprint density at radius 2 is 1.75 bits per heavy atom. The van der Waals surface area contributed by atoms with Gasteiger partial charge in [-0.05, 0) is 35.6 Å². The Morgan fingerprint density at radius 1 is 1.12 bits per heavy atom. The monoisotopic (exact) mass is 470 g/mol. The third kappa shape index (κ3) is 3.87. The van der Waals surface area contributed by atoms with Gasteiger partial charge in [0, 0.05) is 24.9 Å². The molecule has 1 N–H and O–H groups in total. The van der Waals surface area contributed by atoms with Crippen LogP contribution in [-0.2, 0) is 4.74 Å². The van der Waals surface area contributed by atoms with Crippen molar-refractivity contribution in [2.75, 3.05) is 19.7 Å². The summed E-state index contributed by atoms with van der Waals surface area (Å²) >= 11 is 1.21. The molecule has 0 radical (unpaired) electrons. The number of carboxylic acid groups (broad SMARTS) is 1. The summed E-state index contributed by atoms with van der Waals surface area (Å²) in [5, 5.41) is 10.0. The van der Waals surface area contributed by atoms with Crippen molar-refractivity contribution in [1.29, 1.82) is 0 Å². The molecular weight excluding hydrogens is 448 g/mol. The van der Waals surface area contributed by atoms with Crippen LogP contribution in [0.1, 0.15) is 49.8 Å². The van der Waals surface area contributed by atoms with Crippen molar-refractivity contribution in [2.24, 2.45) is 0 Å². The molecule has 0 saturated carbocycles. The van der Waals surface area contributed by atoms with Crippen LogP contribution in [0.2, 0.25) is 0 Å². The van der Waals surface area contributed by atoms with E-state index >= 15 is 0 Å². The summed E-state index contributed by atoms with van der Waals surface area (Å²) in [6, 6.07) is 16.5. The number of thiazole rings is 1. The van der Waals surface area contributed by atoms with Gasteiger partial charge in [0.05, 0.1) is 10.7 Å². The molecule has 1 amide bonds. The molecule has 32 heavy (non-hydrogen) atoms. The van der Waals surface area contributed by atoms with Gasteiger partial charge in [-0.2, -0.15) is 0 Å². The first-order chi connectivity index (χ1) is 15.0. The number of rotatable bonds is 4. The summed E-state index contributed by atoms with van der Waals surface area (Å²) in [5.74, 6) is -0.862. The minimum Gasteiger partial charge on any atom is -0.477 e. The highest BCUT2D eigenvalue weighted by Gasteiger charge is 2.33. The predicted octanol–water partition coefficient (Wildman–Crippen LogP) is 5.31. The number of ether oxygens (including phenoxy) is 1. The van der Waals surface area contributed by atoms with Crippen molar-refractivity contribution in [1.82, 2.24) is 9.88 Å². The summed E-state index contributed by atoms with van der Waals surface area (Å²) in [5.41, 5.74) is 5.32. The van der Waals surface area contributed by atoms with Gasteiger partial charge in [0.2, 0.25) is 0 Å². The molecule has 3 aromatic rings. The number of hydrogen-bond acceptors (Lipinski definition) is 5. The van der Waals surface area contributed by atoms with E-state index < -0.39 is 5.97 Å².